The van der Waals surface area contributed by atoms with Crippen molar-refractivity contribution >= 4 is 0 Å². The van der Waals surface area contributed by atoms with Gasteiger partial charge in [0.2, 0.25) is 0 Å². The minimum atomic E-state index is -0.187. The second-order valence-corrected chi connectivity index (χ2v) is 16.2. The molecule has 0 fully saturated rings. The molecule has 0 bridgehead atoms. The lowest BCUT2D eigenvalue weighted by atomic mass is 10.0. The van der Waals surface area contributed by atoms with E-state index in [0.29, 0.717) is 19.6 Å². The van der Waals surface area contributed by atoms with Gasteiger partial charge in [-0.2, -0.15) is 0 Å². The maximum Gasteiger partial charge on any atom is 0.115 e. The molecule has 6 atom stereocenters. The van der Waals surface area contributed by atoms with Crippen molar-refractivity contribution in [2.45, 2.75) is 75.3 Å². The van der Waals surface area contributed by atoms with Crippen LogP contribution in [-0.2, 0) is 32.1 Å². The largest absolute Gasteiger partial charge is 0.508 e. The number of aromatic hydroxyl groups is 3. The first kappa shape index (κ1) is 47.2. The lowest BCUT2D eigenvalue weighted by molar-refractivity contribution is 0.241. The summed E-state index contributed by atoms with van der Waals surface area (Å²) in [6, 6.07) is 43.9. The molecule has 0 aliphatic heterocycles. The fourth-order valence-electron chi connectivity index (χ4n) is 7.69. The average Bonchev–Trinajstić information content (AvgIpc) is 3.28. The summed E-state index contributed by atoms with van der Waals surface area (Å²) in [6.07, 6.45) is 4.05. The molecule has 61 heavy (non-hydrogen) atoms. The number of phenolic OH excluding ortho intramolecular Hbond substituents is 3. The minimum Gasteiger partial charge on any atom is -0.508 e. The third kappa shape index (κ3) is 18.0. The summed E-state index contributed by atoms with van der Waals surface area (Å²) < 4.78 is 0. The molecule has 0 spiro atoms. The van der Waals surface area contributed by atoms with Crippen LogP contribution in [0.2, 0.25) is 0 Å². The minimum absolute atomic E-state index is 0.0300. The molecule has 0 amide bonds. The van der Waals surface area contributed by atoms with E-state index < -0.39 is 0 Å². The van der Waals surface area contributed by atoms with E-state index in [1.165, 1.54) is 16.7 Å². The molecule has 5 aromatic carbocycles. The molecule has 11 heteroatoms. The second-order valence-electron chi connectivity index (χ2n) is 16.2. The smallest absolute Gasteiger partial charge is 0.115 e. The molecule has 0 heterocycles. The SMILES string of the molecule is CCN[C@H](CN[C@H](CN[C@H](CN[C@H](CN[C@H](CN[C@@H](CN)CO)Cc1ccc(O)cc1)Cc1ccccc1)Cc1ccccc1)Cc1ccc(O)cc1)Cc1ccc(O)cc1. The maximum absolute atomic E-state index is 10.0. The summed E-state index contributed by atoms with van der Waals surface area (Å²) in [4.78, 5) is 0. The molecule has 5 rings (SSSR count). The van der Waals surface area contributed by atoms with E-state index in [1.54, 1.807) is 36.4 Å². The highest BCUT2D eigenvalue weighted by Gasteiger charge is 2.20. The zero-order chi connectivity index (χ0) is 43.1. The quantitative estimate of drug-likeness (QED) is 0.0335. The number of aliphatic hydroxyl groups excluding tert-OH is 1. The standard InChI is InChI=1S/C50H69N7O4/c1-2-52-42(27-39-13-19-48(59)20-14-39)31-53-45(28-40-15-21-49(60)22-16-40)34-55-43(25-37-9-5-3-6-10-37)32-54-44(26-38-11-7-4-8-12-38)33-56-46(35-57-47(30-51)36-58)29-41-17-23-50(61)24-18-41/h3-24,42-47,52-61H,2,25-36,51H2,1H3/t42-,43-,44-,45-,46-,47-/m0/s1. The summed E-state index contributed by atoms with van der Waals surface area (Å²) >= 11 is 0. The number of aliphatic hydroxyl groups is 1. The molecule has 0 aromatic heterocycles. The van der Waals surface area contributed by atoms with Crippen LogP contribution in [0, 0.1) is 0 Å². The first-order chi connectivity index (χ1) is 29.8. The van der Waals surface area contributed by atoms with Gasteiger partial charge in [0.1, 0.15) is 17.2 Å². The Morgan fingerprint density at radius 2 is 0.639 bits per heavy atom. The number of hydrogen-bond acceptors (Lipinski definition) is 11. The van der Waals surface area contributed by atoms with Crippen LogP contribution in [0.25, 0.3) is 0 Å². The van der Waals surface area contributed by atoms with Crippen molar-refractivity contribution in [2.75, 3.05) is 52.4 Å². The van der Waals surface area contributed by atoms with Crippen LogP contribution in [0.5, 0.6) is 17.2 Å². The predicted molar refractivity (Wildman–Crippen MR) is 248 cm³/mol. The van der Waals surface area contributed by atoms with Crippen LogP contribution < -0.4 is 37.6 Å². The number of rotatable bonds is 29. The number of nitrogens with two attached hydrogens (primary N) is 1. The van der Waals surface area contributed by atoms with Crippen molar-refractivity contribution in [3.05, 3.63) is 161 Å². The van der Waals surface area contributed by atoms with Crippen LogP contribution in [0.4, 0.5) is 0 Å². The van der Waals surface area contributed by atoms with Crippen LogP contribution in [0.3, 0.4) is 0 Å². The average molecular weight is 832 g/mol. The molecular formula is C50H69N7O4. The molecular weight excluding hydrogens is 763 g/mol. The van der Waals surface area contributed by atoms with Crippen molar-refractivity contribution in [1.29, 1.82) is 0 Å². The van der Waals surface area contributed by atoms with E-state index in [1.807, 2.05) is 36.4 Å². The highest BCUT2D eigenvalue weighted by molar-refractivity contribution is 5.28. The third-order valence-electron chi connectivity index (χ3n) is 11.2. The Balaban J connectivity index is 1.31. The summed E-state index contributed by atoms with van der Waals surface area (Å²) in [5.41, 5.74) is 11.9. The van der Waals surface area contributed by atoms with E-state index in [4.69, 9.17) is 5.73 Å². The van der Waals surface area contributed by atoms with Gasteiger partial charge in [-0.15, -0.1) is 0 Å². The number of nitrogens with one attached hydrogen (secondary N) is 6. The maximum atomic E-state index is 10.0. The summed E-state index contributed by atoms with van der Waals surface area (Å²) in [5.74, 6) is 0.770. The Bertz CT molecular complexity index is 1880. The zero-order valence-corrected chi connectivity index (χ0v) is 35.7. The normalized spacial score (nSPS) is 14.5. The number of benzene rings is 5. The Labute approximate surface area is 363 Å². The van der Waals surface area contributed by atoms with Crippen molar-refractivity contribution in [3.63, 3.8) is 0 Å². The Morgan fingerprint density at radius 3 is 0.902 bits per heavy atom. The van der Waals surface area contributed by atoms with Gasteiger partial charge in [-0.25, -0.2) is 0 Å². The lowest BCUT2D eigenvalue weighted by Crippen LogP contribution is -2.54. The molecule has 0 radical (unpaired) electrons. The van der Waals surface area contributed by atoms with E-state index in [-0.39, 0.29) is 60.1 Å². The van der Waals surface area contributed by atoms with Gasteiger partial charge in [0.15, 0.2) is 0 Å². The molecule has 0 saturated heterocycles. The molecule has 0 saturated carbocycles. The van der Waals surface area contributed by atoms with Gasteiger partial charge in [0.05, 0.1) is 6.61 Å². The Morgan fingerprint density at radius 1 is 0.377 bits per heavy atom. The van der Waals surface area contributed by atoms with E-state index in [0.717, 1.165) is 69.4 Å². The van der Waals surface area contributed by atoms with E-state index >= 15 is 0 Å². The highest BCUT2D eigenvalue weighted by Crippen LogP contribution is 2.15. The summed E-state index contributed by atoms with van der Waals surface area (Å²) in [7, 11) is 0. The molecule has 0 aliphatic rings. The highest BCUT2D eigenvalue weighted by atomic mass is 16.3. The van der Waals surface area contributed by atoms with Gasteiger partial charge in [-0.3, -0.25) is 0 Å². The first-order valence-electron chi connectivity index (χ1n) is 21.9. The monoisotopic (exact) mass is 832 g/mol. The van der Waals surface area contributed by atoms with Crippen LogP contribution in [0.1, 0.15) is 34.7 Å². The fraction of sp³-hybridized carbons (Fsp3) is 0.400. The number of hydrogen-bond donors (Lipinski definition) is 11. The van der Waals surface area contributed by atoms with Crippen LogP contribution in [-0.4, -0.2) is 109 Å². The fourth-order valence-corrected chi connectivity index (χ4v) is 7.69. The topological polar surface area (TPSA) is 179 Å². The van der Waals surface area contributed by atoms with Gasteiger partial charge in [0.25, 0.3) is 0 Å². The Kier molecular flexibility index (Phi) is 20.5. The molecule has 0 unspecified atom stereocenters. The van der Waals surface area contributed by atoms with Gasteiger partial charge in [0, 0.05) is 75.5 Å². The van der Waals surface area contributed by atoms with Gasteiger partial charge in [-0.1, -0.05) is 104 Å². The molecule has 12 N–H and O–H groups in total. The van der Waals surface area contributed by atoms with E-state index in [9.17, 15) is 20.4 Å². The van der Waals surface area contributed by atoms with Crippen molar-refractivity contribution < 1.29 is 20.4 Å². The summed E-state index contributed by atoms with van der Waals surface area (Å²) in [6.45, 7) is 6.85. The first-order valence-corrected chi connectivity index (χ1v) is 21.9. The van der Waals surface area contributed by atoms with Crippen molar-refractivity contribution in [3.8, 4) is 17.2 Å². The van der Waals surface area contributed by atoms with Gasteiger partial charge < -0.3 is 58.1 Å². The third-order valence-corrected chi connectivity index (χ3v) is 11.2. The van der Waals surface area contributed by atoms with E-state index in [2.05, 4.69) is 99.5 Å². The molecule has 328 valence electrons. The van der Waals surface area contributed by atoms with Crippen molar-refractivity contribution in [2.24, 2.45) is 5.73 Å². The Hall–Kier alpha value is -4.82. The summed E-state index contributed by atoms with van der Waals surface area (Å²) in [5, 5.41) is 62.4. The number of likely N-dealkylation sites (N-methyl/N-ethyl adjacent to an activating group) is 1. The second kappa shape index (κ2) is 26.5. The van der Waals surface area contributed by atoms with Crippen LogP contribution in [0.15, 0.2) is 133 Å². The predicted octanol–water partition coefficient (Wildman–Crippen LogP) is 4.04. The van der Waals surface area contributed by atoms with Crippen molar-refractivity contribution in [1.82, 2.24) is 31.9 Å². The molecule has 11 nitrogen and oxygen atoms in total. The van der Waals surface area contributed by atoms with Gasteiger partial charge >= 0.3 is 0 Å². The zero-order valence-electron chi connectivity index (χ0n) is 35.7. The number of phenols is 3. The lowest BCUT2D eigenvalue weighted by Gasteiger charge is -2.29. The molecule has 0 aliphatic carbocycles. The molecule has 5 aromatic rings. The van der Waals surface area contributed by atoms with Gasteiger partial charge in [-0.05, 0) is 103 Å². The van der Waals surface area contributed by atoms with Crippen LogP contribution >= 0.6 is 0 Å².